The predicted molar refractivity (Wildman–Crippen MR) is 64.8 cm³/mol. The van der Waals surface area contributed by atoms with Gasteiger partial charge in [0, 0.05) is 7.05 Å². The van der Waals surface area contributed by atoms with E-state index in [2.05, 4.69) is 20.2 Å². The zero-order valence-corrected chi connectivity index (χ0v) is 11.0. The van der Waals surface area contributed by atoms with Gasteiger partial charge in [0.1, 0.15) is 12.2 Å². The third kappa shape index (κ3) is 5.24. The number of hydrogen-bond acceptors (Lipinski definition) is 5. The Labute approximate surface area is 102 Å². The molecule has 7 nitrogen and oxygen atoms in total. The van der Waals surface area contributed by atoms with Gasteiger partial charge in [0.2, 0.25) is 10.0 Å². The maximum atomic E-state index is 11.6. The molecule has 0 fully saturated rings. The van der Waals surface area contributed by atoms with Gasteiger partial charge in [0.05, 0.1) is 12.3 Å². The van der Waals surface area contributed by atoms with E-state index in [9.17, 15) is 8.42 Å². The zero-order valence-electron chi connectivity index (χ0n) is 10.2. The summed E-state index contributed by atoms with van der Waals surface area (Å²) in [6, 6.07) is 0. The van der Waals surface area contributed by atoms with E-state index in [-0.39, 0.29) is 12.3 Å². The van der Waals surface area contributed by atoms with E-state index in [0.29, 0.717) is 18.8 Å². The molecule has 0 aliphatic heterocycles. The van der Waals surface area contributed by atoms with E-state index < -0.39 is 10.0 Å². The number of hydrogen-bond donors (Lipinski definition) is 2. The standard InChI is InChI=1S/C9H19N5O2S/c1-3-10-5-4-6-17(15,16)12-7-9-13-11-8-14(9)2/h8,10,12H,3-7H2,1-2H3. The molecule has 0 radical (unpaired) electrons. The van der Waals surface area contributed by atoms with Crippen LogP contribution in [0.5, 0.6) is 0 Å². The average Bonchev–Trinajstić information content (AvgIpc) is 2.68. The van der Waals surface area contributed by atoms with Crippen LogP contribution in [0.15, 0.2) is 6.33 Å². The Balaban J connectivity index is 2.32. The van der Waals surface area contributed by atoms with E-state index in [4.69, 9.17) is 0 Å². The molecule has 0 aliphatic rings. The van der Waals surface area contributed by atoms with E-state index >= 15 is 0 Å². The molecule has 2 N–H and O–H groups in total. The molecule has 1 rings (SSSR count). The molecule has 0 atom stereocenters. The zero-order chi connectivity index (χ0) is 12.7. The Bertz CT molecular complexity index is 428. The van der Waals surface area contributed by atoms with Crippen LogP contribution in [-0.2, 0) is 23.6 Å². The van der Waals surface area contributed by atoms with E-state index in [0.717, 1.165) is 6.54 Å². The minimum atomic E-state index is -3.23. The van der Waals surface area contributed by atoms with Crippen molar-refractivity contribution in [1.82, 2.24) is 24.8 Å². The fraction of sp³-hybridized carbons (Fsp3) is 0.778. The molecular weight excluding hydrogens is 242 g/mol. The summed E-state index contributed by atoms with van der Waals surface area (Å²) >= 11 is 0. The second-order valence-corrected chi connectivity index (χ2v) is 5.63. The molecule has 0 unspecified atom stereocenters. The number of nitrogens with zero attached hydrogens (tertiary/aromatic N) is 3. The van der Waals surface area contributed by atoms with Crippen LogP contribution in [0, 0.1) is 0 Å². The fourth-order valence-corrected chi connectivity index (χ4v) is 2.30. The molecule has 17 heavy (non-hydrogen) atoms. The lowest BCUT2D eigenvalue weighted by Gasteiger charge is -2.06. The highest BCUT2D eigenvalue weighted by molar-refractivity contribution is 7.89. The molecule has 1 aromatic heterocycles. The molecular formula is C9H19N5O2S. The maximum Gasteiger partial charge on any atom is 0.212 e. The van der Waals surface area contributed by atoms with Gasteiger partial charge in [-0.2, -0.15) is 0 Å². The van der Waals surface area contributed by atoms with Gasteiger partial charge in [-0.3, -0.25) is 0 Å². The van der Waals surface area contributed by atoms with E-state index in [1.807, 2.05) is 6.92 Å². The molecule has 1 heterocycles. The van der Waals surface area contributed by atoms with Gasteiger partial charge < -0.3 is 9.88 Å². The van der Waals surface area contributed by atoms with Crippen molar-refractivity contribution < 1.29 is 8.42 Å². The summed E-state index contributed by atoms with van der Waals surface area (Å²) in [5, 5.41) is 10.6. The van der Waals surface area contributed by atoms with Crippen molar-refractivity contribution in [2.45, 2.75) is 19.9 Å². The predicted octanol–water partition coefficient (Wildman–Crippen LogP) is -0.766. The Kier molecular flexibility index (Phi) is 5.52. The first-order chi connectivity index (χ1) is 8.05. The molecule has 0 aromatic carbocycles. The largest absolute Gasteiger partial charge is 0.320 e. The van der Waals surface area contributed by atoms with Gasteiger partial charge in [-0.1, -0.05) is 6.92 Å². The van der Waals surface area contributed by atoms with Crippen molar-refractivity contribution in [2.75, 3.05) is 18.8 Å². The number of rotatable bonds is 8. The SMILES string of the molecule is CCNCCCS(=O)(=O)NCc1nncn1C. The summed E-state index contributed by atoms with van der Waals surface area (Å²) < 4.78 is 27.4. The van der Waals surface area contributed by atoms with Gasteiger partial charge in [-0.15, -0.1) is 10.2 Å². The van der Waals surface area contributed by atoms with Crippen LogP contribution >= 0.6 is 0 Å². The van der Waals surface area contributed by atoms with Crippen LogP contribution < -0.4 is 10.0 Å². The van der Waals surface area contributed by atoms with Crippen molar-refractivity contribution in [2.24, 2.45) is 7.05 Å². The van der Waals surface area contributed by atoms with E-state index in [1.165, 1.54) is 6.33 Å². The lowest BCUT2D eigenvalue weighted by atomic mass is 10.5. The summed E-state index contributed by atoms with van der Waals surface area (Å²) in [6.07, 6.45) is 2.14. The number of aryl methyl sites for hydroxylation is 1. The summed E-state index contributed by atoms with van der Waals surface area (Å²) in [5.74, 6) is 0.720. The normalized spacial score (nSPS) is 11.9. The first-order valence-electron chi connectivity index (χ1n) is 5.56. The topological polar surface area (TPSA) is 88.9 Å². The monoisotopic (exact) mass is 261 g/mol. The highest BCUT2D eigenvalue weighted by atomic mass is 32.2. The summed E-state index contributed by atoms with van der Waals surface area (Å²) in [7, 11) is -1.45. The highest BCUT2D eigenvalue weighted by Crippen LogP contribution is 1.94. The molecule has 0 saturated heterocycles. The minimum absolute atomic E-state index is 0.123. The van der Waals surface area contributed by atoms with Crippen molar-refractivity contribution in [3.63, 3.8) is 0 Å². The average molecular weight is 261 g/mol. The molecule has 8 heteroatoms. The third-order valence-electron chi connectivity index (χ3n) is 2.27. The quantitative estimate of drug-likeness (QED) is 0.600. The van der Waals surface area contributed by atoms with Crippen molar-refractivity contribution in [3.8, 4) is 0 Å². The second kappa shape index (κ2) is 6.67. The molecule has 0 bridgehead atoms. The Morgan fingerprint density at radius 2 is 2.24 bits per heavy atom. The van der Waals surface area contributed by atoms with Crippen LogP contribution in [0.2, 0.25) is 0 Å². The van der Waals surface area contributed by atoms with Gasteiger partial charge in [0.25, 0.3) is 0 Å². The van der Waals surface area contributed by atoms with Crippen LogP contribution in [-0.4, -0.2) is 42.0 Å². The Morgan fingerprint density at radius 1 is 1.47 bits per heavy atom. The molecule has 0 spiro atoms. The van der Waals surface area contributed by atoms with E-state index in [1.54, 1.807) is 11.6 Å². The van der Waals surface area contributed by atoms with Gasteiger partial charge in [0.15, 0.2) is 0 Å². The van der Waals surface area contributed by atoms with Crippen LogP contribution in [0.4, 0.5) is 0 Å². The van der Waals surface area contributed by atoms with Crippen molar-refractivity contribution in [1.29, 1.82) is 0 Å². The van der Waals surface area contributed by atoms with Gasteiger partial charge >= 0.3 is 0 Å². The molecule has 98 valence electrons. The summed E-state index contributed by atoms with van der Waals surface area (Å²) in [4.78, 5) is 0. The number of aromatic nitrogens is 3. The lowest BCUT2D eigenvalue weighted by Crippen LogP contribution is -2.28. The van der Waals surface area contributed by atoms with Crippen LogP contribution in [0.1, 0.15) is 19.2 Å². The second-order valence-electron chi connectivity index (χ2n) is 3.71. The lowest BCUT2D eigenvalue weighted by molar-refractivity contribution is 0.572. The highest BCUT2D eigenvalue weighted by Gasteiger charge is 2.11. The maximum absolute atomic E-state index is 11.6. The summed E-state index contributed by atoms with van der Waals surface area (Å²) in [5.41, 5.74) is 0. The Hall–Kier alpha value is -0.990. The van der Waals surface area contributed by atoms with Crippen LogP contribution in [0.25, 0.3) is 0 Å². The molecule has 0 saturated carbocycles. The molecule has 1 aromatic rings. The summed E-state index contributed by atoms with van der Waals surface area (Å²) in [6.45, 7) is 3.73. The fourth-order valence-electron chi connectivity index (χ4n) is 1.28. The van der Waals surface area contributed by atoms with Gasteiger partial charge in [-0.05, 0) is 19.5 Å². The van der Waals surface area contributed by atoms with Crippen LogP contribution in [0.3, 0.4) is 0 Å². The number of sulfonamides is 1. The molecule has 0 amide bonds. The first kappa shape index (κ1) is 14.1. The minimum Gasteiger partial charge on any atom is -0.320 e. The third-order valence-corrected chi connectivity index (χ3v) is 3.68. The first-order valence-corrected chi connectivity index (χ1v) is 7.21. The number of nitrogens with one attached hydrogen (secondary N) is 2. The smallest absolute Gasteiger partial charge is 0.212 e. The van der Waals surface area contributed by atoms with Crippen molar-refractivity contribution >= 4 is 10.0 Å². The van der Waals surface area contributed by atoms with Crippen molar-refractivity contribution in [3.05, 3.63) is 12.2 Å². The van der Waals surface area contributed by atoms with Gasteiger partial charge in [-0.25, -0.2) is 13.1 Å². The Morgan fingerprint density at radius 3 is 2.82 bits per heavy atom. The molecule has 0 aliphatic carbocycles.